The van der Waals surface area contributed by atoms with Crippen molar-refractivity contribution in [2.45, 2.75) is 13.1 Å². The minimum atomic E-state index is -4.36. The zero-order valence-electron chi connectivity index (χ0n) is 15.1. The molecule has 1 saturated heterocycles. The molecule has 0 amide bonds. The van der Waals surface area contributed by atoms with Crippen molar-refractivity contribution in [2.75, 3.05) is 46.8 Å². The second kappa shape index (κ2) is 8.08. The summed E-state index contributed by atoms with van der Waals surface area (Å²) in [5.41, 5.74) is 0.765. The standard InChI is InChI=1S/C17H24F3N3O2S/c1-14(11-15-5-4-6-16(12-15)17(18,19)20)13-22-7-9-23(10-8-22)26(24,25)21(2)3/h4-6,11-12H,7-10,13H2,1-3H3. The van der Waals surface area contributed by atoms with Gasteiger partial charge in [0.1, 0.15) is 0 Å². The van der Waals surface area contributed by atoms with Crippen molar-refractivity contribution in [1.82, 2.24) is 13.5 Å². The highest BCUT2D eigenvalue weighted by Gasteiger charge is 2.30. The summed E-state index contributed by atoms with van der Waals surface area (Å²) in [4.78, 5) is 2.10. The number of halogens is 3. The van der Waals surface area contributed by atoms with Gasteiger partial charge < -0.3 is 0 Å². The van der Waals surface area contributed by atoms with E-state index in [9.17, 15) is 21.6 Å². The lowest BCUT2D eigenvalue weighted by Gasteiger charge is -2.35. The molecule has 26 heavy (non-hydrogen) atoms. The molecule has 1 aromatic rings. The van der Waals surface area contributed by atoms with Gasteiger partial charge in [-0.3, -0.25) is 4.90 Å². The van der Waals surface area contributed by atoms with Crippen molar-refractivity contribution in [3.63, 3.8) is 0 Å². The van der Waals surface area contributed by atoms with E-state index in [1.165, 1.54) is 28.8 Å². The monoisotopic (exact) mass is 391 g/mol. The average molecular weight is 391 g/mol. The van der Waals surface area contributed by atoms with Gasteiger partial charge in [-0.15, -0.1) is 0 Å². The number of piperazine rings is 1. The van der Waals surface area contributed by atoms with E-state index in [1.807, 2.05) is 6.92 Å². The maximum absolute atomic E-state index is 12.8. The van der Waals surface area contributed by atoms with Crippen LogP contribution in [0.15, 0.2) is 29.8 Å². The second-order valence-electron chi connectivity index (χ2n) is 6.58. The Morgan fingerprint density at radius 3 is 2.35 bits per heavy atom. The fourth-order valence-electron chi connectivity index (χ4n) is 2.84. The minimum absolute atomic E-state index is 0.400. The molecule has 1 heterocycles. The highest BCUT2D eigenvalue weighted by Crippen LogP contribution is 2.30. The van der Waals surface area contributed by atoms with Crippen LogP contribution in [0.1, 0.15) is 18.1 Å². The molecule has 1 fully saturated rings. The summed E-state index contributed by atoms with van der Waals surface area (Å²) in [5, 5.41) is 0. The summed E-state index contributed by atoms with van der Waals surface area (Å²) in [6.07, 6.45) is -2.62. The van der Waals surface area contributed by atoms with Gasteiger partial charge in [-0.1, -0.05) is 23.8 Å². The number of rotatable bonds is 5. The van der Waals surface area contributed by atoms with Crippen molar-refractivity contribution in [3.8, 4) is 0 Å². The highest BCUT2D eigenvalue weighted by atomic mass is 32.2. The molecule has 0 spiro atoms. The molecule has 5 nitrogen and oxygen atoms in total. The molecule has 146 valence electrons. The fraction of sp³-hybridized carbons (Fsp3) is 0.529. The zero-order valence-corrected chi connectivity index (χ0v) is 15.9. The summed E-state index contributed by atoms with van der Waals surface area (Å²) in [6, 6.07) is 5.22. The number of alkyl halides is 3. The van der Waals surface area contributed by atoms with Gasteiger partial charge in [-0.2, -0.15) is 30.2 Å². The Morgan fingerprint density at radius 1 is 1.19 bits per heavy atom. The van der Waals surface area contributed by atoms with Gasteiger partial charge in [0, 0.05) is 46.8 Å². The van der Waals surface area contributed by atoms with E-state index in [-0.39, 0.29) is 0 Å². The first-order valence-electron chi connectivity index (χ1n) is 8.24. The van der Waals surface area contributed by atoms with Crippen LogP contribution in [0.4, 0.5) is 13.2 Å². The Labute approximate surface area is 152 Å². The molecule has 0 bridgehead atoms. The van der Waals surface area contributed by atoms with Crippen molar-refractivity contribution in [2.24, 2.45) is 0 Å². The third kappa shape index (κ3) is 5.29. The summed E-state index contributed by atoms with van der Waals surface area (Å²) in [5.74, 6) is 0. The van der Waals surface area contributed by atoms with Crippen molar-refractivity contribution < 1.29 is 21.6 Å². The van der Waals surface area contributed by atoms with Crippen LogP contribution in [0.25, 0.3) is 6.08 Å². The lowest BCUT2D eigenvalue weighted by molar-refractivity contribution is -0.137. The molecule has 0 aromatic heterocycles. The van der Waals surface area contributed by atoms with Gasteiger partial charge in [0.25, 0.3) is 10.2 Å². The molecule has 0 saturated carbocycles. The molecule has 1 aromatic carbocycles. The number of nitrogens with zero attached hydrogens (tertiary/aromatic N) is 3. The smallest absolute Gasteiger partial charge is 0.297 e. The predicted octanol–water partition coefficient (Wildman–Crippen LogP) is 2.53. The van der Waals surface area contributed by atoms with Crippen LogP contribution in [0.5, 0.6) is 0 Å². The van der Waals surface area contributed by atoms with E-state index < -0.39 is 21.9 Å². The third-order valence-corrected chi connectivity index (χ3v) is 6.16. The lowest BCUT2D eigenvalue weighted by atomic mass is 10.1. The molecule has 0 unspecified atom stereocenters. The van der Waals surface area contributed by atoms with Crippen LogP contribution in [0.3, 0.4) is 0 Å². The summed E-state index contributed by atoms with van der Waals surface area (Å²) >= 11 is 0. The zero-order chi connectivity index (χ0) is 19.5. The lowest BCUT2D eigenvalue weighted by Crippen LogP contribution is -2.51. The van der Waals surface area contributed by atoms with Crippen LogP contribution in [-0.2, 0) is 16.4 Å². The molecule has 0 N–H and O–H groups in total. The fourth-order valence-corrected chi connectivity index (χ4v) is 3.92. The van der Waals surface area contributed by atoms with Crippen molar-refractivity contribution in [1.29, 1.82) is 0 Å². The Balaban J connectivity index is 1.97. The number of hydrogen-bond acceptors (Lipinski definition) is 3. The maximum atomic E-state index is 12.8. The molecule has 0 radical (unpaired) electrons. The highest BCUT2D eigenvalue weighted by molar-refractivity contribution is 7.86. The number of hydrogen-bond donors (Lipinski definition) is 0. The van der Waals surface area contributed by atoms with E-state index >= 15 is 0 Å². The van der Waals surface area contributed by atoms with E-state index in [4.69, 9.17) is 0 Å². The Hall–Kier alpha value is -1.42. The van der Waals surface area contributed by atoms with Gasteiger partial charge in [0.2, 0.25) is 0 Å². The minimum Gasteiger partial charge on any atom is -0.297 e. The Bertz CT molecular complexity index is 753. The first kappa shape index (κ1) is 20.9. The van der Waals surface area contributed by atoms with Crippen molar-refractivity contribution in [3.05, 3.63) is 41.0 Å². The predicted molar refractivity (Wildman–Crippen MR) is 95.7 cm³/mol. The molecule has 1 aliphatic heterocycles. The topological polar surface area (TPSA) is 43.9 Å². The average Bonchev–Trinajstić information content (AvgIpc) is 2.54. The first-order chi connectivity index (χ1) is 12.0. The van der Waals surface area contributed by atoms with Crippen LogP contribution < -0.4 is 0 Å². The largest absolute Gasteiger partial charge is 0.416 e. The van der Waals surface area contributed by atoms with Gasteiger partial charge in [0.15, 0.2) is 0 Å². The second-order valence-corrected chi connectivity index (χ2v) is 8.72. The molecule has 2 rings (SSSR count). The summed E-state index contributed by atoms with van der Waals surface area (Å²) in [6.45, 7) is 4.42. The van der Waals surface area contributed by atoms with Gasteiger partial charge in [0.05, 0.1) is 5.56 Å². The van der Waals surface area contributed by atoms with Crippen LogP contribution in [0, 0.1) is 0 Å². The van der Waals surface area contributed by atoms with E-state index in [1.54, 1.807) is 12.1 Å². The third-order valence-electron chi connectivity index (χ3n) is 4.22. The first-order valence-corrected chi connectivity index (χ1v) is 9.64. The molecular formula is C17H24F3N3O2S. The van der Waals surface area contributed by atoms with Gasteiger partial charge in [-0.25, -0.2) is 0 Å². The van der Waals surface area contributed by atoms with Crippen LogP contribution in [0.2, 0.25) is 0 Å². The molecule has 1 aliphatic rings. The van der Waals surface area contributed by atoms with E-state index in [2.05, 4.69) is 4.90 Å². The van der Waals surface area contributed by atoms with E-state index in [0.29, 0.717) is 38.3 Å². The van der Waals surface area contributed by atoms with Crippen LogP contribution >= 0.6 is 0 Å². The van der Waals surface area contributed by atoms with Crippen LogP contribution in [-0.4, -0.2) is 68.7 Å². The Kier molecular flexibility index (Phi) is 6.49. The molecule has 0 atom stereocenters. The molecular weight excluding hydrogens is 367 g/mol. The quantitative estimate of drug-likeness (QED) is 0.775. The van der Waals surface area contributed by atoms with Gasteiger partial charge in [-0.05, 0) is 24.6 Å². The van der Waals surface area contributed by atoms with E-state index in [0.717, 1.165) is 17.7 Å². The molecule has 0 aliphatic carbocycles. The summed E-state index contributed by atoms with van der Waals surface area (Å²) in [7, 11) is -0.393. The normalized spacial score (nSPS) is 18.5. The molecule has 9 heteroatoms. The maximum Gasteiger partial charge on any atom is 0.416 e. The van der Waals surface area contributed by atoms with Gasteiger partial charge >= 0.3 is 6.18 Å². The SMILES string of the molecule is CC(=Cc1cccc(C(F)(F)F)c1)CN1CCN(S(=O)(=O)N(C)C)CC1. The Morgan fingerprint density at radius 2 is 1.81 bits per heavy atom. The summed E-state index contributed by atoms with van der Waals surface area (Å²) < 4.78 is 65.2. The van der Waals surface area contributed by atoms with Crippen molar-refractivity contribution >= 4 is 16.3 Å². The number of benzene rings is 1.